The molecule has 1 aliphatic rings. The van der Waals surface area contributed by atoms with Gasteiger partial charge in [-0.05, 0) is 29.1 Å². The molecule has 0 saturated carbocycles. The summed E-state index contributed by atoms with van der Waals surface area (Å²) in [5, 5.41) is 11.0. The van der Waals surface area contributed by atoms with Gasteiger partial charge in [-0.15, -0.1) is 23.5 Å². The van der Waals surface area contributed by atoms with Crippen molar-refractivity contribution < 1.29 is 5.11 Å². The zero-order chi connectivity index (χ0) is 13.8. The van der Waals surface area contributed by atoms with E-state index in [4.69, 9.17) is 0 Å². The van der Waals surface area contributed by atoms with E-state index in [2.05, 4.69) is 24.3 Å². The maximum atomic E-state index is 11.0. The maximum Gasteiger partial charge on any atom is 0.116 e. The minimum atomic E-state index is -0.485. The number of thioether (sulfide) groups is 2. The fraction of sp³-hybridized carbons (Fsp3) is 0.294. The van der Waals surface area contributed by atoms with Crippen molar-refractivity contribution in [2.24, 2.45) is 0 Å². The summed E-state index contributed by atoms with van der Waals surface area (Å²) in [5.41, 5.74) is 2.21. The molecular weight excluding hydrogens is 284 g/mol. The first kappa shape index (κ1) is 14.1. The van der Waals surface area contributed by atoms with Crippen LogP contribution in [0.5, 0.6) is 0 Å². The molecule has 0 aromatic heterocycles. The van der Waals surface area contributed by atoms with Crippen molar-refractivity contribution in [3.8, 4) is 0 Å². The molecule has 1 unspecified atom stereocenters. The highest BCUT2D eigenvalue weighted by Crippen LogP contribution is 2.57. The second kappa shape index (κ2) is 6.25. The summed E-state index contributed by atoms with van der Waals surface area (Å²) in [7, 11) is 0. The van der Waals surface area contributed by atoms with E-state index in [9.17, 15) is 5.11 Å². The van der Waals surface area contributed by atoms with Gasteiger partial charge in [-0.2, -0.15) is 0 Å². The normalized spacial score (nSPS) is 19.4. The van der Waals surface area contributed by atoms with Crippen LogP contribution in [-0.2, 0) is 4.08 Å². The number of aliphatic hydroxyl groups is 1. The van der Waals surface area contributed by atoms with Gasteiger partial charge in [0.05, 0.1) is 0 Å². The lowest BCUT2D eigenvalue weighted by Gasteiger charge is -2.40. The Bertz CT molecular complexity index is 535. The Morgan fingerprint density at radius 1 is 0.850 bits per heavy atom. The Balaban J connectivity index is 2.02. The van der Waals surface area contributed by atoms with Crippen LogP contribution in [0.2, 0.25) is 0 Å². The van der Waals surface area contributed by atoms with Crippen LogP contribution in [0.1, 0.15) is 23.7 Å². The Hall–Kier alpha value is -0.900. The molecule has 0 spiro atoms. The molecule has 1 N–H and O–H groups in total. The highest BCUT2D eigenvalue weighted by Gasteiger charge is 2.43. The Labute approximate surface area is 128 Å². The molecule has 1 fully saturated rings. The van der Waals surface area contributed by atoms with E-state index in [1.165, 1.54) is 12.0 Å². The SMILES string of the molecule is OC(c1ccccc1)C1(c2ccccc2)SCCCS1. The van der Waals surface area contributed by atoms with Gasteiger partial charge in [-0.1, -0.05) is 60.7 Å². The number of aliphatic hydroxyl groups excluding tert-OH is 1. The molecule has 0 bridgehead atoms. The van der Waals surface area contributed by atoms with Gasteiger partial charge in [0.1, 0.15) is 10.2 Å². The molecule has 0 amide bonds. The second-order valence-corrected chi connectivity index (χ2v) is 7.84. The van der Waals surface area contributed by atoms with E-state index in [1.807, 2.05) is 59.9 Å². The van der Waals surface area contributed by atoms with E-state index >= 15 is 0 Å². The lowest BCUT2D eigenvalue weighted by molar-refractivity contribution is 0.163. The first-order valence-corrected chi connectivity index (χ1v) is 8.86. The molecule has 0 aliphatic carbocycles. The summed E-state index contributed by atoms with van der Waals surface area (Å²) in [6.45, 7) is 0. The van der Waals surface area contributed by atoms with Crippen molar-refractivity contribution in [1.29, 1.82) is 0 Å². The maximum absolute atomic E-state index is 11.0. The van der Waals surface area contributed by atoms with Gasteiger partial charge in [-0.3, -0.25) is 0 Å². The predicted molar refractivity (Wildman–Crippen MR) is 89.1 cm³/mol. The third-order valence-electron chi connectivity index (χ3n) is 3.57. The van der Waals surface area contributed by atoms with Gasteiger partial charge >= 0.3 is 0 Å². The average Bonchev–Trinajstić information content (AvgIpc) is 2.56. The van der Waals surface area contributed by atoms with Crippen LogP contribution >= 0.6 is 23.5 Å². The zero-order valence-electron chi connectivity index (χ0n) is 11.2. The number of rotatable bonds is 3. The van der Waals surface area contributed by atoms with E-state index in [-0.39, 0.29) is 4.08 Å². The first-order chi connectivity index (χ1) is 9.83. The standard InChI is InChI=1S/C17H18OS2/c18-16(14-8-3-1-4-9-14)17(19-12-7-13-20-17)15-10-5-2-6-11-15/h1-6,8-11,16,18H,7,12-13H2. The molecule has 104 valence electrons. The van der Waals surface area contributed by atoms with Crippen molar-refractivity contribution in [3.63, 3.8) is 0 Å². The third kappa shape index (κ3) is 2.62. The Morgan fingerprint density at radius 3 is 2.00 bits per heavy atom. The number of hydrogen-bond acceptors (Lipinski definition) is 3. The summed E-state index contributed by atoms with van der Waals surface area (Å²) in [6, 6.07) is 20.4. The molecule has 2 aromatic rings. The quantitative estimate of drug-likeness (QED) is 0.905. The zero-order valence-corrected chi connectivity index (χ0v) is 12.9. The molecule has 3 rings (SSSR count). The molecular formula is C17H18OS2. The molecule has 1 aliphatic heterocycles. The molecule has 20 heavy (non-hydrogen) atoms. The fourth-order valence-electron chi connectivity index (χ4n) is 2.56. The van der Waals surface area contributed by atoms with Crippen LogP contribution in [0.15, 0.2) is 60.7 Å². The number of benzene rings is 2. The summed E-state index contributed by atoms with van der Waals surface area (Å²) in [5.74, 6) is 2.21. The highest BCUT2D eigenvalue weighted by atomic mass is 32.2. The highest BCUT2D eigenvalue weighted by molar-refractivity contribution is 8.18. The summed E-state index contributed by atoms with van der Waals surface area (Å²) in [6.07, 6.45) is 0.729. The van der Waals surface area contributed by atoms with Gasteiger partial charge in [0.15, 0.2) is 0 Å². The molecule has 3 heteroatoms. The third-order valence-corrected chi connectivity index (χ3v) is 7.04. The summed E-state index contributed by atoms with van der Waals surface area (Å²) in [4.78, 5) is 0. The Morgan fingerprint density at radius 2 is 1.40 bits per heavy atom. The summed E-state index contributed by atoms with van der Waals surface area (Å²) >= 11 is 3.76. The fourth-order valence-corrected chi connectivity index (χ4v) is 5.95. The molecule has 2 aromatic carbocycles. The largest absolute Gasteiger partial charge is 0.386 e. The van der Waals surface area contributed by atoms with Crippen LogP contribution in [-0.4, -0.2) is 16.6 Å². The van der Waals surface area contributed by atoms with Crippen LogP contribution in [0.25, 0.3) is 0 Å². The van der Waals surface area contributed by atoms with Crippen molar-refractivity contribution in [2.75, 3.05) is 11.5 Å². The minimum Gasteiger partial charge on any atom is -0.386 e. The van der Waals surface area contributed by atoms with Crippen molar-refractivity contribution >= 4 is 23.5 Å². The molecule has 0 radical (unpaired) electrons. The van der Waals surface area contributed by atoms with Crippen molar-refractivity contribution in [1.82, 2.24) is 0 Å². The first-order valence-electron chi connectivity index (χ1n) is 6.89. The van der Waals surface area contributed by atoms with Crippen LogP contribution in [0.4, 0.5) is 0 Å². The van der Waals surface area contributed by atoms with Gasteiger partial charge in [0, 0.05) is 0 Å². The van der Waals surface area contributed by atoms with Crippen molar-refractivity contribution in [2.45, 2.75) is 16.6 Å². The van der Waals surface area contributed by atoms with Crippen molar-refractivity contribution in [3.05, 3.63) is 71.8 Å². The second-order valence-electron chi connectivity index (χ2n) is 4.90. The topological polar surface area (TPSA) is 20.2 Å². The molecule has 1 saturated heterocycles. The van der Waals surface area contributed by atoms with E-state index in [0.29, 0.717) is 0 Å². The van der Waals surface area contributed by atoms with E-state index in [0.717, 1.165) is 17.1 Å². The lowest BCUT2D eigenvalue weighted by Crippen LogP contribution is -2.30. The van der Waals surface area contributed by atoms with Crippen LogP contribution in [0.3, 0.4) is 0 Å². The molecule has 1 nitrogen and oxygen atoms in total. The van der Waals surface area contributed by atoms with E-state index < -0.39 is 6.10 Å². The lowest BCUT2D eigenvalue weighted by atomic mass is 10.00. The van der Waals surface area contributed by atoms with Gasteiger partial charge < -0.3 is 5.11 Å². The number of hydrogen-bond donors (Lipinski definition) is 1. The predicted octanol–water partition coefficient (Wildman–Crippen LogP) is 4.44. The monoisotopic (exact) mass is 302 g/mol. The van der Waals surface area contributed by atoms with Gasteiger partial charge in [-0.25, -0.2) is 0 Å². The minimum absolute atomic E-state index is 0.277. The van der Waals surface area contributed by atoms with E-state index in [1.54, 1.807) is 0 Å². The van der Waals surface area contributed by atoms with Crippen LogP contribution in [0, 0.1) is 0 Å². The van der Waals surface area contributed by atoms with Crippen LogP contribution < -0.4 is 0 Å². The Kier molecular flexibility index (Phi) is 4.39. The van der Waals surface area contributed by atoms with Gasteiger partial charge in [0.25, 0.3) is 0 Å². The molecule has 1 atom stereocenters. The molecule has 1 heterocycles. The summed E-state index contributed by atoms with van der Waals surface area (Å²) < 4.78 is -0.277. The van der Waals surface area contributed by atoms with Gasteiger partial charge in [0.2, 0.25) is 0 Å². The average molecular weight is 302 g/mol. The smallest absolute Gasteiger partial charge is 0.116 e.